The Balaban J connectivity index is 1.58. The number of rotatable bonds is 5. The van der Waals surface area contributed by atoms with Crippen molar-refractivity contribution in [1.82, 2.24) is 4.90 Å². The zero-order valence-electron chi connectivity index (χ0n) is 17.0. The minimum atomic E-state index is -0.0421. The highest BCUT2D eigenvalue weighted by Gasteiger charge is 2.21. The summed E-state index contributed by atoms with van der Waals surface area (Å²) in [5.41, 5.74) is 2.87. The van der Waals surface area contributed by atoms with Crippen LogP contribution in [-0.2, 0) is 18.5 Å². The van der Waals surface area contributed by atoms with Crippen molar-refractivity contribution in [2.45, 2.75) is 39.3 Å². The van der Waals surface area contributed by atoms with Crippen molar-refractivity contribution in [3.63, 3.8) is 0 Å². The van der Waals surface area contributed by atoms with Gasteiger partial charge in [-0.1, -0.05) is 39.0 Å². The number of amides is 1. The van der Waals surface area contributed by atoms with Crippen LogP contribution in [0.5, 0.6) is 11.5 Å². The SMILES string of the molecule is CC(C)(C)c1ccc(C(=O)N(Cc2ccc3c(c2)OCO3)Cc2ccco2)cc1. The second-order valence-corrected chi connectivity index (χ2v) is 8.26. The molecular weight excluding hydrogens is 366 g/mol. The van der Waals surface area contributed by atoms with Gasteiger partial charge in [-0.25, -0.2) is 0 Å². The normalized spacial score (nSPS) is 12.8. The topological polar surface area (TPSA) is 51.9 Å². The summed E-state index contributed by atoms with van der Waals surface area (Å²) in [6.45, 7) is 7.54. The fraction of sp³-hybridized carbons (Fsp3) is 0.292. The van der Waals surface area contributed by atoms with Gasteiger partial charge in [-0.3, -0.25) is 4.79 Å². The lowest BCUT2D eigenvalue weighted by molar-refractivity contribution is 0.0717. The van der Waals surface area contributed by atoms with Gasteiger partial charge in [0.1, 0.15) is 5.76 Å². The summed E-state index contributed by atoms with van der Waals surface area (Å²) < 4.78 is 16.3. The van der Waals surface area contributed by atoms with E-state index in [9.17, 15) is 4.79 Å². The molecule has 3 aromatic rings. The number of carbonyl (C=O) groups excluding carboxylic acids is 1. The molecule has 0 spiro atoms. The molecule has 4 rings (SSSR count). The number of hydrogen-bond donors (Lipinski definition) is 0. The molecule has 0 saturated carbocycles. The Labute approximate surface area is 170 Å². The van der Waals surface area contributed by atoms with E-state index in [0.717, 1.165) is 17.1 Å². The molecule has 5 heteroatoms. The highest BCUT2D eigenvalue weighted by molar-refractivity contribution is 5.94. The standard InChI is InChI=1S/C24H25NO4/c1-24(2,3)19-9-7-18(8-10-19)23(26)25(15-20-5-4-12-27-20)14-17-6-11-21-22(13-17)29-16-28-21/h4-13H,14-16H2,1-3H3. The van der Waals surface area contributed by atoms with Gasteiger partial charge in [-0.05, 0) is 52.9 Å². The van der Waals surface area contributed by atoms with Gasteiger partial charge in [0.25, 0.3) is 5.91 Å². The summed E-state index contributed by atoms with van der Waals surface area (Å²) in [5.74, 6) is 2.14. The third kappa shape index (κ3) is 4.29. The first-order chi connectivity index (χ1) is 13.9. The van der Waals surface area contributed by atoms with E-state index in [1.54, 1.807) is 11.2 Å². The van der Waals surface area contributed by atoms with Gasteiger partial charge in [0.15, 0.2) is 11.5 Å². The van der Waals surface area contributed by atoms with Crippen LogP contribution < -0.4 is 9.47 Å². The quantitative estimate of drug-likeness (QED) is 0.604. The molecule has 150 valence electrons. The Morgan fingerprint density at radius 3 is 2.41 bits per heavy atom. The fourth-order valence-electron chi connectivity index (χ4n) is 3.35. The largest absolute Gasteiger partial charge is 0.467 e. The van der Waals surface area contributed by atoms with Crippen LogP contribution in [0.15, 0.2) is 65.3 Å². The van der Waals surface area contributed by atoms with Crippen LogP contribution >= 0.6 is 0 Å². The maximum absolute atomic E-state index is 13.3. The average molecular weight is 391 g/mol. The molecule has 1 aliphatic heterocycles. The second kappa shape index (κ2) is 7.66. The van der Waals surface area contributed by atoms with Gasteiger partial charge in [-0.15, -0.1) is 0 Å². The number of fused-ring (bicyclic) bond motifs is 1. The number of ether oxygens (including phenoxy) is 2. The predicted octanol–water partition coefficient (Wildman–Crippen LogP) is 5.15. The molecule has 0 fully saturated rings. The number of benzene rings is 2. The molecule has 5 nitrogen and oxygen atoms in total. The summed E-state index contributed by atoms with van der Waals surface area (Å²) in [6, 6.07) is 17.3. The monoisotopic (exact) mass is 391 g/mol. The maximum atomic E-state index is 13.3. The maximum Gasteiger partial charge on any atom is 0.254 e. The zero-order chi connectivity index (χ0) is 20.4. The highest BCUT2D eigenvalue weighted by Crippen LogP contribution is 2.33. The van der Waals surface area contributed by atoms with Crippen molar-refractivity contribution >= 4 is 5.91 Å². The first-order valence-corrected chi connectivity index (χ1v) is 9.71. The summed E-state index contributed by atoms with van der Waals surface area (Å²) >= 11 is 0. The van der Waals surface area contributed by atoms with Gasteiger partial charge < -0.3 is 18.8 Å². The number of furan rings is 1. The van der Waals surface area contributed by atoms with Crippen LogP contribution in [0.2, 0.25) is 0 Å². The summed E-state index contributed by atoms with van der Waals surface area (Å²) in [4.78, 5) is 15.1. The average Bonchev–Trinajstić information content (AvgIpc) is 3.37. The zero-order valence-corrected chi connectivity index (χ0v) is 17.0. The van der Waals surface area contributed by atoms with E-state index >= 15 is 0 Å². The van der Waals surface area contributed by atoms with Gasteiger partial charge in [0, 0.05) is 12.1 Å². The lowest BCUT2D eigenvalue weighted by Crippen LogP contribution is -2.30. The van der Waals surface area contributed by atoms with Crippen molar-refractivity contribution in [1.29, 1.82) is 0 Å². The van der Waals surface area contributed by atoms with Crippen molar-refractivity contribution in [2.24, 2.45) is 0 Å². The number of hydrogen-bond acceptors (Lipinski definition) is 4. The van der Waals surface area contributed by atoms with E-state index in [2.05, 4.69) is 20.8 Å². The van der Waals surface area contributed by atoms with Crippen LogP contribution in [0.3, 0.4) is 0 Å². The number of carbonyl (C=O) groups is 1. The van der Waals surface area contributed by atoms with Crippen LogP contribution in [-0.4, -0.2) is 17.6 Å². The molecule has 0 bridgehead atoms. The Morgan fingerprint density at radius 2 is 1.72 bits per heavy atom. The second-order valence-electron chi connectivity index (χ2n) is 8.26. The van der Waals surface area contributed by atoms with Crippen molar-refractivity contribution in [3.05, 3.63) is 83.3 Å². The first kappa shape index (κ1) is 19.1. The van der Waals surface area contributed by atoms with E-state index in [4.69, 9.17) is 13.9 Å². The van der Waals surface area contributed by atoms with Crippen molar-refractivity contribution in [3.8, 4) is 11.5 Å². The van der Waals surface area contributed by atoms with E-state index in [1.165, 1.54) is 5.56 Å². The molecular formula is C24H25NO4. The molecule has 0 radical (unpaired) electrons. The van der Waals surface area contributed by atoms with E-state index in [0.29, 0.717) is 24.4 Å². The molecule has 1 amide bonds. The van der Waals surface area contributed by atoms with Crippen LogP contribution in [0.1, 0.15) is 48.0 Å². The summed E-state index contributed by atoms with van der Waals surface area (Å²) in [5, 5.41) is 0. The van der Waals surface area contributed by atoms with Gasteiger partial charge in [0.05, 0.1) is 12.8 Å². The molecule has 2 heterocycles. The molecule has 0 atom stereocenters. The van der Waals surface area contributed by atoms with E-state index in [-0.39, 0.29) is 18.1 Å². The Hall–Kier alpha value is -3.21. The Bertz CT molecular complexity index is 985. The molecule has 0 aliphatic carbocycles. The Kier molecular flexibility index (Phi) is 5.05. The molecule has 1 aromatic heterocycles. The highest BCUT2D eigenvalue weighted by atomic mass is 16.7. The van der Waals surface area contributed by atoms with Crippen LogP contribution in [0.4, 0.5) is 0 Å². The van der Waals surface area contributed by atoms with Crippen LogP contribution in [0, 0.1) is 0 Å². The van der Waals surface area contributed by atoms with Gasteiger partial charge in [-0.2, -0.15) is 0 Å². The smallest absolute Gasteiger partial charge is 0.254 e. The molecule has 1 aliphatic rings. The summed E-state index contributed by atoms with van der Waals surface area (Å²) in [7, 11) is 0. The van der Waals surface area contributed by atoms with E-state index in [1.807, 2.05) is 54.6 Å². The summed E-state index contributed by atoms with van der Waals surface area (Å²) in [6.07, 6.45) is 1.62. The van der Waals surface area contributed by atoms with E-state index < -0.39 is 0 Å². The fourth-order valence-corrected chi connectivity index (χ4v) is 3.35. The minimum absolute atomic E-state index is 0.0421. The molecule has 2 aromatic carbocycles. The number of nitrogens with zero attached hydrogens (tertiary/aromatic N) is 1. The molecule has 0 N–H and O–H groups in total. The third-order valence-electron chi connectivity index (χ3n) is 5.02. The third-order valence-corrected chi connectivity index (χ3v) is 5.02. The first-order valence-electron chi connectivity index (χ1n) is 9.71. The molecule has 0 saturated heterocycles. The lowest BCUT2D eigenvalue weighted by Gasteiger charge is -2.23. The lowest BCUT2D eigenvalue weighted by atomic mass is 9.86. The minimum Gasteiger partial charge on any atom is -0.467 e. The van der Waals surface area contributed by atoms with Crippen molar-refractivity contribution in [2.75, 3.05) is 6.79 Å². The molecule has 29 heavy (non-hydrogen) atoms. The van der Waals surface area contributed by atoms with Gasteiger partial charge >= 0.3 is 0 Å². The van der Waals surface area contributed by atoms with Gasteiger partial charge in [0.2, 0.25) is 6.79 Å². The predicted molar refractivity (Wildman–Crippen MR) is 110 cm³/mol. The van der Waals surface area contributed by atoms with Crippen LogP contribution in [0.25, 0.3) is 0 Å². The molecule has 0 unspecified atom stereocenters. The van der Waals surface area contributed by atoms with Crippen molar-refractivity contribution < 1.29 is 18.7 Å². The Morgan fingerprint density at radius 1 is 0.966 bits per heavy atom.